The Morgan fingerprint density at radius 3 is 2.83 bits per heavy atom. The Morgan fingerprint density at radius 2 is 1.93 bits per heavy atom. The Balaban J connectivity index is 1.39. The summed E-state index contributed by atoms with van der Waals surface area (Å²) < 4.78 is 5.31. The van der Waals surface area contributed by atoms with Crippen LogP contribution in [0.15, 0.2) is 67.0 Å². The van der Waals surface area contributed by atoms with Gasteiger partial charge in [0.2, 0.25) is 5.95 Å². The first-order chi connectivity index (χ1) is 14.2. The molecule has 7 heteroatoms. The van der Waals surface area contributed by atoms with Crippen LogP contribution in [0.5, 0.6) is 5.75 Å². The number of anilines is 2. The topological polar surface area (TPSA) is 91.9 Å². The molecule has 0 saturated heterocycles. The molecular formula is C22H21N5O2. The molecule has 2 aromatic heterocycles. The Bertz CT molecular complexity index is 1140. The number of hydrogen-bond acceptors (Lipinski definition) is 5. The van der Waals surface area contributed by atoms with E-state index in [1.807, 2.05) is 48.7 Å². The maximum atomic E-state index is 12.5. The van der Waals surface area contributed by atoms with Gasteiger partial charge in [0.25, 0.3) is 5.91 Å². The summed E-state index contributed by atoms with van der Waals surface area (Å²) in [6, 6.07) is 17.2. The van der Waals surface area contributed by atoms with E-state index in [2.05, 4.69) is 31.7 Å². The van der Waals surface area contributed by atoms with Crippen LogP contribution in [-0.4, -0.2) is 34.5 Å². The van der Waals surface area contributed by atoms with Crippen LogP contribution in [0.2, 0.25) is 0 Å². The smallest absolute Gasteiger partial charge is 0.270 e. The van der Waals surface area contributed by atoms with E-state index >= 15 is 0 Å². The maximum absolute atomic E-state index is 12.5. The molecule has 4 rings (SSSR count). The number of rotatable bonds is 7. The largest absolute Gasteiger partial charge is 0.495 e. The van der Waals surface area contributed by atoms with Crippen LogP contribution in [-0.2, 0) is 6.42 Å². The van der Waals surface area contributed by atoms with Gasteiger partial charge in [0.1, 0.15) is 11.4 Å². The number of methoxy groups -OCH3 is 1. The Labute approximate surface area is 168 Å². The first-order valence-electron chi connectivity index (χ1n) is 9.31. The molecule has 2 heterocycles. The van der Waals surface area contributed by atoms with Gasteiger partial charge in [0.05, 0.1) is 12.8 Å². The lowest BCUT2D eigenvalue weighted by Crippen LogP contribution is -2.26. The summed E-state index contributed by atoms with van der Waals surface area (Å²) in [5, 5.41) is 7.18. The van der Waals surface area contributed by atoms with E-state index in [9.17, 15) is 4.79 Å². The molecule has 0 aliphatic rings. The molecule has 146 valence electrons. The van der Waals surface area contributed by atoms with E-state index in [-0.39, 0.29) is 5.91 Å². The van der Waals surface area contributed by atoms with Crippen molar-refractivity contribution in [1.29, 1.82) is 0 Å². The van der Waals surface area contributed by atoms with Crippen LogP contribution in [0, 0.1) is 0 Å². The monoisotopic (exact) mass is 387 g/mol. The third kappa shape index (κ3) is 4.19. The zero-order chi connectivity index (χ0) is 20.1. The van der Waals surface area contributed by atoms with Gasteiger partial charge in [-0.2, -0.15) is 0 Å². The number of amides is 1. The lowest BCUT2D eigenvalue weighted by atomic mass is 10.1. The molecule has 7 nitrogen and oxygen atoms in total. The van der Waals surface area contributed by atoms with Crippen molar-refractivity contribution in [2.75, 3.05) is 19.0 Å². The molecule has 4 aromatic rings. The summed E-state index contributed by atoms with van der Waals surface area (Å²) >= 11 is 0. The number of nitrogens with zero attached hydrogens (tertiary/aromatic N) is 2. The summed E-state index contributed by atoms with van der Waals surface area (Å²) in [6.07, 6.45) is 4.27. The maximum Gasteiger partial charge on any atom is 0.270 e. The summed E-state index contributed by atoms with van der Waals surface area (Å²) in [5.41, 5.74) is 3.29. The molecule has 0 aliphatic heterocycles. The summed E-state index contributed by atoms with van der Waals surface area (Å²) in [4.78, 5) is 24.2. The lowest BCUT2D eigenvalue weighted by Gasteiger charge is -2.10. The van der Waals surface area contributed by atoms with E-state index in [4.69, 9.17) is 4.74 Å². The van der Waals surface area contributed by atoms with Crippen molar-refractivity contribution in [3.63, 3.8) is 0 Å². The van der Waals surface area contributed by atoms with Gasteiger partial charge >= 0.3 is 0 Å². The van der Waals surface area contributed by atoms with E-state index in [1.165, 1.54) is 10.9 Å². The first-order valence-corrected chi connectivity index (χ1v) is 9.31. The predicted octanol–water partition coefficient (Wildman–Crippen LogP) is 3.68. The van der Waals surface area contributed by atoms with Crippen LogP contribution in [0.3, 0.4) is 0 Å². The number of para-hydroxylation sites is 3. The predicted molar refractivity (Wildman–Crippen MR) is 113 cm³/mol. The second kappa shape index (κ2) is 8.43. The summed E-state index contributed by atoms with van der Waals surface area (Å²) in [7, 11) is 1.60. The molecule has 0 saturated carbocycles. The molecule has 0 aliphatic carbocycles. The fourth-order valence-electron chi connectivity index (χ4n) is 3.15. The number of nitrogens with one attached hydrogen (secondary N) is 3. The van der Waals surface area contributed by atoms with E-state index in [1.54, 1.807) is 19.4 Å². The van der Waals surface area contributed by atoms with Crippen molar-refractivity contribution in [1.82, 2.24) is 20.3 Å². The van der Waals surface area contributed by atoms with Gasteiger partial charge < -0.3 is 20.4 Å². The highest BCUT2D eigenvalue weighted by Gasteiger charge is 2.11. The highest BCUT2D eigenvalue weighted by atomic mass is 16.5. The van der Waals surface area contributed by atoms with E-state index < -0.39 is 0 Å². The molecule has 0 bridgehead atoms. The standard InChI is InChI=1S/C22H21N5O2/c1-29-20-9-5-4-8-18(20)26-22-24-13-11-19(27-22)21(28)23-12-10-15-14-25-17-7-3-2-6-16(15)17/h2-9,11,13-14,25H,10,12H2,1H3,(H,23,28)(H,24,26,27). The van der Waals surface area contributed by atoms with Crippen LogP contribution in [0.25, 0.3) is 10.9 Å². The number of fused-ring (bicyclic) bond motifs is 1. The molecule has 1 amide bonds. The molecule has 0 atom stereocenters. The minimum Gasteiger partial charge on any atom is -0.495 e. The molecule has 0 spiro atoms. The van der Waals surface area contributed by atoms with Gasteiger partial charge in [-0.25, -0.2) is 9.97 Å². The quantitative estimate of drug-likeness (QED) is 0.450. The third-order valence-electron chi connectivity index (χ3n) is 4.60. The third-order valence-corrected chi connectivity index (χ3v) is 4.60. The lowest BCUT2D eigenvalue weighted by molar-refractivity contribution is 0.0949. The molecule has 0 unspecified atom stereocenters. The van der Waals surface area contributed by atoms with Gasteiger partial charge in [0, 0.05) is 29.8 Å². The van der Waals surface area contributed by atoms with Gasteiger partial charge in [-0.3, -0.25) is 4.79 Å². The number of aromatic amines is 1. The fourth-order valence-corrected chi connectivity index (χ4v) is 3.15. The number of ether oxygens (including phenoxy) is 1. The molecule has 3 N–H and O–H groups in total. The van der Waals surface area contributed by atoms with Crippen molar-refractivity contribution in [2.24, 2.45) is 0 Å². The Hall–Kier alpha value is -3.87. The first kappa shape index (κ1) is 18.5. The molecule has 0 radical (unpaired) electrons. The summed E-state index contributed by atoms with van der Waals surface area (Å²) in [5.74, 6) is 0.763. The van der Waals surface area contributed by atoms with Crippen molar-refractivity contribution >= 4 is 28.4 Å². The number of carbonyl (C=O) groups is 1. The number of hydrogen-bond donors (Lipinski definition) is 3. The average molecular weight is 387 g/mol. The molecule has 0 fully saturated rings. The summed E-state index contributed by atoms with van der Waals surface area (Å²) in [6.45, 7) is 0.514. The van der Waals surface area contributed by atoms with Crippen LogP contribution in [0.1, 0.15) is 16.1 Å². The van der Waals surface area contributed by atoms with Crippen LogP contribution >= 0.6 is 0 Å². The Morgan fingerprint density at radius 1 is 1.10 bits per heavy atom. The van der Waals surface area contributed by atoms with Gasteiger partial charge in [-0.05, 0) is 36.2 Å². The van der Waals surface area contributed by atoms with Crippen molar-refractivity contribution in [3.05, 3.63) is 78.2 Å². The highest BCUT2D eigenvalue weighted by molar-refractivity contribution is 5.92. The molecular weight excluding hydrogens is 366 g/mol. The van der Waals surface area contributed by atoms with Crippen molar-refractivity contribution in [3.8, 4) is 5.75 Å². The fraction of sp³-hybridized carbons (Fsp3) is 0.136. The van der Waals surface area contributed by atoms with Crippen molar-refractivity contribution < 1.29 is 9.53 Å². The minimum absolute atomic E-state index is 0.240. The van der Waals surface area contributed by atoms with Gasteiger partial charge in [-0.15, -0.1) is 0 Å². The van der Waals surface area contributed by atoms with Gasteiger partial charge in [0.15, 0.2) is 0 Å². The number of benzene rings is 2. The SMILES string of the molecule is COc1ccccc1Nc1nccc(C(=O)NCCc2c[nH]c3ccccc23)n1. The number of H-pyrrole nitrogens is 1. The molecule has 29 heavy (non-hydrogen) atoms. The van der Waals surface area contributed by atoms with Gasteiger partial charge in [-0.1, -0.05) is 30.3 Å². The zero-order valence-electron chi connectivity index (χ0n) is 16.0. The zero-order valence-corrected chi connectivity index (χ0v) is 16.0. The number of aromatic nitrogens is 3. The van der Waals surface area contributed by atoms with Crippen LogP contribution < -0.4 is 15.4 Å². The second-order valence-electron chi connectivity index (χ2n) is 6.46. The minimum atomic E-state index is -0.240. The highest BCUT2D eigenvalue weighted by Crippen LogP contribution is 2.25. The van der Waals surface area contributed by atoms with Crippen molar-refractivity contribution in [2.45, 2.75) is 6.42 Å². The number of carbonyl (C=O) groups excluding carboxylic acids is 1. The average Bonchev–Trinajstić information content (AvgIpc) is 3.17. The van der Waals surface area contributed by atoms with Crippen LogP contribution in [0.4, 0.5) is 11.6 Å². The Kier molecular flexibility index (Phi) is 5.38. The van der Waals surface area contributed by atoms with E-state index in [0.29, 0.717) is 23.9 Å². The second-order valence-corrected chi connectivity index (χ2v) is 6.46. The molecule has 2 aromatic carbocycles. The van der Waals surface area contributed by atoms with E-state index in [0.717, 1.165) is 17.6 Å². The normalized spacial score (nSPS) is 10.7.